The Morgan fingerprint density at radius 3 is 2.46 bits per heavy atom. The van der Waals surface area contributed by atoms with Crippen molar-refractivity contribution in [3.63, 3.8) is 0 Å². The number of para-hydroxylation sites is 1. The fourth-order valence-electron chi connectivity index (χ4n) is 4.18. The molecule has 1 fully saturated rings. The molecule has 0 aliphatic carbocycles. The van der Waals surface area contributed by atoms with E-state index in [4.69, 9.17) is 0 Å². The molecule has 1 saturated heterocycles. The monoisotopic (exact) mass is 375 g/mol. The van der Waals surface area contributed by atoms with Crippen molar-refractivity contribution in [3.05, 3.63) is 71.8 Å². The number of hydrogen-bond acceptors (Lipinski definition) is 3. The fourth-order valence-corrected chi connectivity index (χ4v) is 4.18. The van der Waals surface area contributed by atoms with Crippen LogP contribution in [-0.4, -0.2) is 61.0 Å². The first-order valence-corrected chi connectivity index (χ1v) is 10.3. The number of carbonyl (C=O) groups is 1. The van der Waals surface area contributed by atoms with E-state index in [9.17, 15) is 4.79 Å². The SMILES string of the molecule is C[C@H](C(=O)N1CCc2ccccc21)N1CCN(C/C=C/c2ccccc2)CC1. The maximum absolute atomic E-state index is 13.1. The highest BCUT2D eigenvalue weighted by atomic mass is 16.2. The van der Waals surface area contributed by atoms with Crippen LogP contribution in [0.4, 0.5) is 5.69 Å². The summed E-state index contributed by atoms with van der Waals surface area (Å²) in [4.78, 5) is 19.8. The summed E-state index contributed by atoms with van der Waals surface area (Å²) >= 11 is 0. The smallest absolute Gasteiger partial charge is 0.244 e. The van der Waals surface area contributed by atoms with Crippen LogP contribution in [0.15, 0.2) is 60.7 Å². The van der Waals surface area contributed by atoms with E-state index < -0.39 is 0 Å². The molecule has 0 saturated carbocycles. The van der Waals surface area contributed by atoms with Crippen molar-refractivity contribution in [1.82, 2.24) is 9.80 Å². The zero-order valence-corrected chi connectivity index (χ0v) is 16.6. The Balaban J connectivity index is 1.28. The second kappa shape index (κ2) is 8.72. The predicted molar refractivity (Wildman–Crippen MR) is 115 cm³/mol. The van der Waals surface area contributed by atoms with Crippen LogP contribution < -0.4 is 4.90 Å². The molecular weight excluding hydrogens is 346 g/mol. The summed E-state index contributed by atoms with van der Waals surface area (Å²) in [5, 5.41) is 0. The summed E-state index contributed by atoms with van der Waals surface area (Å²) in [5.41, 5.74) is 3.63. The Kier molecular flexibility index (Phi) is 5.89. The maximum Gasteiger partial charge on any atom is 0.244 e. The van der Waals surface area contributed by atoms with Gasteiger partial charge in [0.1, 0.15) is 0 Å². The van der Waals surface area contributed by atoms with Crippen molar-refractivity contribution >= 4 is 17.7 Å². The molecule has 2 aliphatic rings. The van der Waals surface area contributed by atoms with E-state index in [0.29, 0.717) is 0 Å². The van der Waals surface area contributed by atoms with Crippen molar-refractivity contribution in [2.45, 2.75) is 19.4 Å². The lowest BCUT2D eigenvalue weighted by Crippen LogP contribution is -2.54. The number of hydrogen-bond donors (Lipinski definition) is 0. The van der Waals surface area contributed by atoms with Crippen molar-refractivity contribution < 1.29 is 4.79 Å². The van der Waals surface area contributed by atoms with Gasteiger partial charge < -0.3 is 4.90 Å². The lowest BCUT2D eigenvalue weighted by molar-refractivity contribution is -0.123. The van der Waals surface area contributed by atoms with Crippen molar-refractivity contribution in [3.8, 4) is 0 Å². The van der Waals surface area contributed by atoms with Gasteiger partial charge in [0.25, 0.3) is 0 Å². The quantitative estimate of drug-likeness (QED) is 0.802. The fraction of sp³-hybridized carbons (Fsp3) is 0.375. The molecule has 1 atom stereocenters. The predicted octanol–water partition coefficient (Wildman–Crippen LogP) is 3.30. The van der Waals surface area contributed by atoms with Crippen LogP contribution in [-0.2, 0) is 11.2 Å². The van der Waals surface area contributed by atoms with E-state index in [0.717, 1.165) is 51.4 Å². The van der Waals surface area contributed by atoms with Crippen LogP contribution in [0.25, 0.3) is 6.08 Å². The van der Waals surface area contributed by atoms with E-state index in [1.54, 1.807) is 0 Å². The summed E-state index contributed by atoms with van der Waals surface area (Å²) in [6.07, 6.45) is 5.39. The average Bonchev–Trinajstić information content (AvgIpc) is 3.18. The van der Waals surface area contributed by atoms with Gasteiger partial charge in [-0.2, -0.15) is 0 Å². The van der Waals surface area contributed by atoms with Gasteiger partial charge in [-0.05, 0) is 30.5 Å². The molecule has 0 bridgehead atoms. The van der Waals surface area contributed by atoms with Gasteiger partial charge in [0.2, 0.25) is 5.91 Å². The van der Waals surface area contributed by atoms with E-state index in [1.165, 1.54) is 11.1 Å². The second-order valence-corrected chi connectivity index (χ2v) is 7.69. The Labute approximate surface area is 168 Å². The summed E-state index contributed by atoms with van der Waals surface area (Å²) < 4.78 is 0. The molecule has 4 heteroatoms. The van der Waals surface area contributed by atoms with Crippen LogP contribution >= 0.6 is 0 Å². The van der Waals surface area contributed by atoms with Crippen LogP contribution in [0.5, 0.6) is 0 Å². The zero-order chi connectivity index (χ0) is 19.3. The van der Waals surface area contributed by atoms with E-state index in [2.05, 4.69) is 71.3 Å². The minimum atomic E-state index is -0.0619. The summed E-state index contributed by atoms with van der Waals surface area (Å²) in [7, 11) is 0. The molecule has 0 aromatic heterocycles. The number of anilines is 1. The number of amides is 1. The third-order valence-corrected chi connectivity index (χ3v) is 5.94. The van der Waals surface area contributed by atoms with E-state index in [1.807, 2.05) is 17.0 Å². The second-order valence-electron chi connectivity index (χ2n) is 7.69. The standard InChI is InChI=1S/C24H29N3O/c1-20(24(28)27-15-13-22-11-5-6-12-23(22)27)26-18-16-25(17-19-26)14-7-10-21-8-3-2-4-9-21/h2-12,20H,13-19H2,1H3/b10-7+/t20-/m1/s1. The molecule has 0 radical (unpaired) electrons. The molecule has 2 aliphatic heterocycles. The van der Waals surface area contributed by atoms with Gasteiger partial charge in [0.15, 0.2) is 0 Å². The van der Waals surface area contributed by atoms with Gasteiger partial charge in [-0.15, -0.1) is 0 Å². The highest BCUT2D eigenvalue weighted by Gasteiger charge is 2.32. The molecule has 0 spiro atoms. The lowest BCUT2D eigenvalue weighted by Gasteiger charge is -2.38. The Hall–Kier alpha value is -2.43. The first-order valence-electron chi connectivity index (χ1n) is 10.3. The van der Waals surface area contributed by atoms with Crippen molar-refractivity contribution in [1.29, 1.82) is 0 Å². The summed E-state index contributed by atoms with van der Waals surface area (Å²) in [5.74, 6) is 0.238. The van der Waals surface area contributed by atoms with Gasteiger partial charge in [0, 0.05) is 45.0 Å². The molecule has 4 nitrogen and oxygen atoms in total. The van der Waals surface area contributed by atoms with Gasteiger partial charge in [-0.1, -0.05) is 60.7 Å². The van der Waals surface area contributed by atoms with Gasteiger partial charge in [0.05, 0.1) is 6.04 Å². The number of carbonyl (C=O) groups excluding carboxylic acids is 1. The van der Waals surface area contributed by atoms with Gasteiger partial charge in [-0.25, -0.2) is 0 Å². The molecule has 1 amide bonds. The Morgan fingerprint density at radius 2 is 1.68 bits per heavy atom. The topological polar surface area (TPSA) is 26.8 Å². The molecule has 28 heavy (non-hydrogen) atoms. The molecule has 4 rings (SSSR count). The van der Waals surface area contributed by atoms with Gasteiger partial charge >= 0.3 is 0 Å². The third kappa shape index (κ3) is 4.18. The van der Waals surface area contributed by atoms with E-state index in [-0.39, 0.29) is 11.9 Å². The van der Waals surface area contributed by atoms with Crippen LogP contribution in [0.1, 0.15) is 18.1 Å². The van der Waals surface area contributed by atoms with Crippen molar-refractivity contribution in [2.24, 2.45) is 0 Å². The lowest BCUT2D eigenvalue weighted by atomic mass is 10.1. The summed E-state index contributed by atoms with van der Waals surface area (Å²) in [6, 6.07) is 18.6. The zero-order valence-electron chi connectivity index (χ0n) is 16.6. The number of nitrogens with zero attached hydrogens (tertiary/aromatic N) is 3. The van der Waals surface area contributed by atoms with Gasteiger partial charge in [-0.3, -0.25) is 14.6 Å². The third-order valence-electron chi connectivity index (χ3n) is 5.94. The first kappa shape index (κ1) is 18.9. The Bertz CT molecular complexity index is 825. The molecular formula is C24H29N3O. The molecule has 2 aromatic rings. The Morgan fingerprint density at radius 1 is 0.964 bits per heavy atom. The minimum absolute atomic E-state index is 0.0619. The molecule has 0 unspecified atom stereocenters. The number of benzene rings is 2. The van der Waals surface area contributed by atoms with Crippen LogP contribution in [0, 0.1) is 0 Å². The summed E-state index contributed by atoms with van der Waals surface area (Å²) in [6.45, 7) is 7.75. The highest BCUT2D eigenvalue weighted by molar-refractivity contribution is 5.98. The minimum Gasteiger partial charge on any atom is -0.310 e. The molecule has 146 valence electrons. The van der Waals surface area contributed by atoms with Crippen LogP contribution in [0.3, 0.4) is 0 Å². The van der Waals surface area contributed by atoms with E-state index >= 15 is 0 Å². The molecule has 2 heterocycles. The largest absolute Gasteiger partial charge is 0.310 e. The number of fused-ring (bicyclic) bond motifs is 1. The maximum atomic E-state index is 13.1. The molecule has 2 aromatic carbocycles. The normalized spacial score (nSPS) is 19.1. The number of rotatable bonds is 5. The first-order chi connectivity index (χ1) is 13.7. The molecule has 0 N–H and O–H groups in total. The highest BCUT2D eigenvalue weighted by Crippen LogP contribution is 2.28. The number of piperazine rings is 1. The van der Waals surface area contributed by atoms with Crippen LogP contribution in [0.2, 0.25) is 0 Å². The average molecular weight is 376 g/mol. The van der Waals surface area contributed by atoms with Crippen molar-refractivity contribution in [2.75, 3.05) is 44.2 Å².